The molecule has 0 aliphatic carbocycles. The number of benzene rings is 5. The highest BCUT2D eigenvalue weighted by Gasteiger charge is 2.18. The maximum Gasteiger partial charge on any atom is 0.0730 e. The number of nitrogens with two attached hydrogens (primary N) is 1. The van der Waals surface area contributed by atoms with E-state index < -0.39 is 0 Å². The highest BCUT2D eigenvalue weighted by molar-refractivity contribution is 6.22. The van der Waals surface area contributed by atoms with Crippen LogP contribution in [0.15, 0.2) is 139 Å². The molecule has 0 saturated carbocycles. The van der Waals surface area contributed by atoms with Gasteiger partial charge in [-0.1, -0.05) is 123 Å². The predicted molar refractivity (Wildman–Crippen MR) is 184 cm³/mol. The molecule has 5 aromatic rings. The average Bonchev–Trinajstić information content (AvgIpc) is 3.01. The van der Waals surface area contributed by atoms with Crippen LogP contribution in [-0.4, -0.2) is 5.71 Å². The number of nitrogens with zero attached hydrogens (tertiary/aromatic N) is 1. The summed E-state index contributed by atoms with van der Waals surface area (Å²) in [6.45, 7) is 8.21. The first kappa shape index (κ1) is 27.0. The monoisotopic (exact) mass is 542 g/mol. The molecule has 0 atom stereocenters. The topological polar surface area (TPSA) is 38.4 Å². The van der Waals surface area contributed by atoms with Crippen LogP contribution in [0.1, 0.15) is 37.0 Å². The number of hydrogen-bond donors (Lipinski definition) is 1. The Kier molecular flexibility index (Phi) is 7.53. The smallest absolute Gasteiger partial charge is 0.0730 e. The summed E-state index contributed by atoms with van der Waals surface area (Å²) in [7, 11) is 0. The van der Waals surface area contributed by atoms with Crippen LogP contribution in [0.4, 0.5) is 0 Å². The zero-order chi connectivity index (χ0) is 29.1. The lowest BCUT2D eigenvalue weighted by Crippen LogP contribution is -2.08. The fourth-order valence-electron chi connectivity index (χ4n) is 5.92. The van der Waals surface area contributed by atoms with Gasteiger partial charge in [-0.2, -0.15) is 0 Å². The number of aliphatic imine (C=N–C) groups is 1. The molecule has 0 aromatic heterocycles. The molecule has 1 heterocycles. The molecule has 0 unspecified atom stereocenters. The Morgan fingerprint density at radius 3 is 1.83 bits per heavy atom. The van der Waals surface area contributed by atoms with Gasteiger partial charge in [0.2, 0.25) is 0 Å². The van der Waals surface area contributed by atoms with Gasteiger partial charge in [-0.15, -0.1) is 0 Å². The van der Waals surface area contributed by atoms with Gasteiger partial charge in [0.15, 0.2) is 0 Å². The summed E-state index contributed by atoms with van der Waals surface area (Å²) in [5.74, 6) is 0. The van der Waals surface area contributed by atoms with Gasteiger partial charge in [0.05, 0.1) is 11.4 Å². The second-order valence-corrected chi connectivity index (χ2v) is 10.4. The molecule has 2 heteroatoms. The maximum absolute atomic E-state index is 5.52. The summed E-state index contributed by atoms with van der Waals surface area (Å²) in [5, 5.41) is 4.98. The molecule has 2 N–H and O–H groups in total. The van der Waals surface area contributed by atoms with Crippen LogP contribution in [-0.2, 0) is 0 Å². The first-order valence-corrected chi connectivity index (χ1v) is 14.5. The molecule has 0 fully saturated rings. The number of fused-ring (bicyclic) bond motifs is 2. The van der Waals surface area contributed by atoms with Crippen molar-refractivity contribution in [2.24, 2.45) is 10.7 Å². The van der Waals surface area contributed by atoms with Crippen LogP contribution < -0.4 is 5.73 Å². The van der Waals surface area contributed by atoms with Crippen molar-refractivity contribution in [3.8, 4) is 22.3 Å². The minimum Gasteiger partial charge on any atom is -0.405 e. The molecule has 5 aromatic carbocycles. The standard InChI is InChI=1S/C40H34N2/c1-4-12-31-25-32(23-18-27(31)5-2)40-35-16-9-7-14-33(35)39(34-15-8-10-17-36(34)40)30-21-19-29(20-22-30)38-26-37(42-38)28(6-3)13-11-24-41/h4-5,7-26H,2,6,41H2,1,3H3/b12-4-,24-11-,28-13+. The van der Waals surface area contributed by atoms with E-state index in [2.05, 4.69) is 130 Å². The predicted octanol–water partition coefficient (Wildman–Crippen LogP) is 10.6. The average molecular weight is 543 g/mol. The van der Waals surface area contributed by atoms with E-state index in [1.807, 2.05) is 18.2 Å². The fraction of sp³-hybridized carbons (Fsp3) is 0.0750. The summed E-state index contributed by atoms with van der Waals surface area (Å²) >= 11 is 0. The second-order valence-electron chi connectivity index (χ2n) is 10.4. The lowest BCUT2D eigenvalue weighted by molar-refractivity contribution is 1.16. The first-order chi connectivity index (χ1) is 20.7. The molecule has 1 aliphatic heterocycles. The number of allylic oxidation sites excluding steroid dienone is 5. The minimum absolute atomic E-state index is 0.914. The molecule has 0 bridgehead atoms. The fourth-order valence-corrected chi connectivity index (χ4v) is 5.92. The van der Waals surface area contributed by atoms with E-state index in [-0.39, 0.29) is 0 Å². The maximum atomic E-state index is 5.52. The third kappa shape index (κ3) is 4.82. The molecule has 0 radical (unpaired) electrons. The second kappa shape index (κ2) is 11.7. The number of rotatable bonds is 8. The highest BCUT2D eigenvalue weighted by Crippen LogP contribution is 2.44. The van der Waals surface area contributed by atoms with Gasteiger partial charge in [0.25, 0.3) is 0 Å². The van der Waals surface area contributed by atoms with Crippen LogP contribution in [0.25, 0.3) is 61.6 Å². The lowest BCUT2D eigenvalue weighted by Gasteiger charge is -2.19. The minimum atomic E-state index is 0.914. The van der Waals surface area contributed by atoms with Gasteiger partial charge in [0.1, 0.15) is 0 Å². The Balaban J connectivity index is 1.47. The molecule has 204 valence electrons. The van der Waals surface area contributed by atoms with Crippen molar-refractivity contribution in [1.82, 2.24) is 0 Å². The highest BCUT2D eigenvalue weighted by atomic mass is 14.8. The van der Waals surface area contributed by atoms with Gasteiger partial charge >= 0.3 is 0 Å². The molecule has 6 rings (SSSR count). The van der Waals surface area contributed by atoms with Crippen molar-refractivity contribution in [3.05, 3.63) is 150 Å². The van der Waals surface area contributed by atoms with Crippen molar-refractivity contribution >= 4 is 45.1 Å². The van der Waals surface area contributed by atoms with E-state index in [0.29, 0.717) is 0 Å². The largest absolute Gasteiger partial charge is 0.405 e. The van der Waals surface area contributed by atoms with Gasteiger partial charge in [0, 0.05) is 5.56 Å². The Bertz CT molecular complexity index is 1920. The van der Waals surface area contributed by atoms with E-state index in [0.717, 1.165) is 29.0 Å². The third-order valence-electron chi connectivity index (χ3n) is 7.98. The third-order valence-corrected chi connectivity index (χ3v) is 7.98. The first-order valence-electron chi connectivity index (χ1n) is 14.5. The lowest BCUT2D eigenvalue weighted by atomic mass is 9.85. The van der Waals surface area contributed by atoms with Crippen LogP contribution in [0, 0.1) is 0 Å². The van der Waals surface area contributed by atoms with Crippen LogP contribution >= 0.6 is 0 Å². The van der Waals surface area contributed by atoms with Crippen molar-refractivity contribution in [2.45, 2.75) is 20.3 Å². The zero-order valence-electron chi connectivity index (χ0n) is 24.1. The molecule has 0 saturated heterocycles. The Morgan fingerprint density at radius 2 is 1.31 bits per heavy atom. The normalized spacial score (nSPS) is 13.5. The molecule has 42 heavy (non-hydrogen) atoms. The van der Waals surface area contributed by atoms with Gasteiger partial charge in [-0.05, 0) is 98.3 Å². The molecule has 0 amide bonds. The summed E-state index contributed by atoms with van der Waals surface area (Å²) in [4.78, 5) is 4.82. The van der Waals surface area contributed by atoms with E-state index in [4.69, 9.17) is 10.7 Å². The van der Waals surface area contributed by atoms with Gasteiger partial charge in [-0.25, -0.2) is 4.99 Å². The van der Waals surface area contributed by atoms with Crippen LogP contribution in [0.5, 0.6) is 0 Å². The molecule has 0 spiro atoms. The van der Waals surface area contributed by atoms with E-state index in [1.165, 1.54) is 54.9 Å². The number of hydrogen-bond acceptors (Lipinski definition) is 2. The molecule has 1 aliphatic rings. The van der Waals surface area contributed by atoms with Crippen LogP contribution in [0.2, 0.25) is 0 Å². The van der Waals surface area contributed by atoms with Crippen LogP contribution in [0.3, 0.4) is 0 Å². The summed E-state index contributed by atoms with van der Waals surface area (Å²) in [6, 6.07) is 33.1. The summed E-state index contributed by atoms with van der Waals surface area (Å²) in [5.41, 5.74) is 17.1. The van der Waals surface area contributed by atoms with Gasteiger partial charge < -0.3 is 5.73 Å². The Hall–Kier alpha value is -5.21. The summed E-state index contributed by atoms with van der Waals surface area (Å²) < 4.78 is 0. The SMILES string of the molecule is C=Cc1ccc(-c2c3ccccc3c(-c3ccc(C4=CC(/C(=C/C=C\N)CC)=N4)cc3)c3ccccc23)cc1/C=C\C. The Labute approximate surface area is 248 Å². The summed E-state index contributed by atoms with van der Waals surface area (Å²) in [6.07, 6.45) is 14.7. The zero-order valence-corrected chi connectivity index (χ0v) is 24.1. The quantitative estimate of drug-likeness (QED) is 0.154. The molecular formula is C40H34N2. The van der Waals surface area contributed by atoms with E-state index in [9.17, 15) is 0 Å². The van der Waals surface area contributed by atoms with Gasteiger partial charge in [-0.3, -0.25) is 0 Å². The van der Waals surface area contributed by atoms with Crippen molar-refractivity contribution in [1.29, 1.82) is 0 Å². The van der Waals surface area contributed by atoms with E-state index in [1.54, 1.807) is 6.20 Å². The molecular weight excluding hydrogens is 508 g/mol. The molecule has 2 nitrogen and oxygen atoms in total. The van der Waals surface area contributed by atoms with Crippen molar-refractivity contribution < 1.29 is 0 Å². The Morgan fingerprint density at radius 1 is 0.762 bits per heavy atom. The van der Waals surface area contributed by atoms with Crippen molar-refractivity contribution in [3.63, 3.8) is 0 Å². The van der Waals surface area contributed by atoms with E-state index >= 15 is 0 Å². The van der Waals surface area contributed by atoms with Crippen molar-refractivity contribution in [2.75, 3.05) is 0 Å².